The van der Waals surface area contributed by atoms with Gasteiger partial charge in [0.15, 0.2) is 0 Å². The van der Waals surface area contributed by atoms with Crippen molar-refractivity contribution in [1.29, 1.82) is 0 Å². The highest BCUT2D eigenvalue weighted by atomic mass is 16.2. The number of hydrogen-bond donors (Lipinski definition) is 1. The zero-order valence-electron chi connectivity index (χ0n) is 12.4. The van der Waals surface area contributed by atoms with Gasteiger partial charge in [-0.05, 0) is 31.0 Å². The standard InChI is InChI=1S/C15H24N4O/c1-12-7-14(10-17-9-12)15(20)19-5-3-18(4-6-19)11-13(2)8-16/h7,9-10,13H,3-6,8,11,16H2,1-2H3. The van der Waals surface area contributed by atoms with E-state index in [1.807, 2.05) is 17.9 Å². The lowest BCUT2D eigenvalue weighted by molar-refractivity contribution is 0.0621. The second kappa shape index (κ2) is 6.81. The molecule has 0 radical (unpaired) electrons. The molecule has 1 aliphatic rings. The smallest absolute Gasteiger partial charge is 0.255 e. The van der Waals surface area contributed by atoms with Crippen LogP contribution in [0, 0.1) is 12.8 Å². The van der Waals surface area contributed by atoms with Crippen molar-refractivity contribution in [1.82, 2.24) is 14.8 Å². The molecule has 2 heterocycles. The fraction of sp³-hybridized carbons (Fsp3) is 0.600. The molecule has 1 saturated heterocycles. The van der Waals surface area contributed by atoms with Gasteiger partial charge >= 0.3 is 0 Å². The summed E-state index contributed by atoms with van der Waals surface area (Å²) in [5.41, 5.74) is 7.37. The summed E-state index contributed by atoms with van der Waals surface area (Å²) in [6.45, 7) is 9.27. The van der Waals surface area contributed by atoms with Crippen molar-refractivity contribution in [2.75, 3.05) is 39.3 Å². The number of hydrogen-bond acceptors (Lipinski definition) is 4. The van der Waals surface area contributed by atoms with Gasteiger partial charge in [0, 0.05) is 45.1 Å². The number of piperazine rings is 1. The third kappa shape index (κ3) is 3.77. The predicted molar refractivity (Wildman–Crippen MR) is 79.5 cm³/mol. The Morgan fingerprint density at radius 2 is 2.05 bits per heavy atom. The van der Waals surface area contributed by atoms with Crippen LogP contribution in [-0.2, 0) is 0 Å². The van der Waals surface area contributed by atoms with Gasteiger partial charge in [-0.2, -0.15) is 0 Å². The normalized spacial score (nSPS) is 18.1. The number of carbonyl (C=O) groups is 1. The van der Waals surface area contributed by atoms with Gasteiger partial charge in [0.05, 0.1) is 5.56 Å². The lowest BCUT2D eigenvalue weighted by Crippen LogP contribution is -2.50. The first kappa shape index (κ1) is 14.9. The summed E-state index contributed by atoms with van der Waals surface area (Å²) in [5.74, 6) is 0.603. The number of aromatic nitrogens is 1. The summed E-state index contributed by atoms with van der Waals surface area (Å²) >= 11 is 0. The van der Waals surface area contributed by atoms with Crippen LogP contribution in [0.2, 0.25) is 0 Å². The first-order valence-electron chi connectivity index (χ1n) is 7.23. The molecule has 0 aromatic carbocycles. The molecular formula is C15H24N4O. The Kier molecular flexibility index (Phi) is 5.09. The van der Waals surface area contributed by atoms with Gasteiger partial charge in [-0.15, -0.1) is 0 Å². The van der Waals surface area contributed by atoms with Gasteiger partial charge in [-0.3, -0.25) is 14.7 Å². The van der Waals surface area contributed by atoms with E-state index in [0.717, 1.165) is 38.3 Å². The molecule has 2 rings (SSSR count). The van der Waals surface area contributed by atoms with Crippen molar-refractivity contribution in [3.8, 4) is 0 Å². The number of nitrogens with two attached hydrogens (primary N) is 1. The molecule has 0 aliphatic carbocycles. The van der Waals surface area contributed by atoms with E-state index < -0.39 is 0 Å². The quantitative estimate of drug-likeness (QED) is 0.881. The summed E-state index contributed by atoms with van der Waals surface area (Å²) in [6.07, 6.45) is 3.42. The highest BCUT2D eigenvalue weighted by Crippen LogP contribution is 2.10. The molecule has 0 bridgehead atoms. The van der Waals surface area contributed by atoms with E-state index in [4.69, 9.17) is 5.73 Å². The largest absolute Gasteiger partial charge is 0.336 e. The first-order valence-corrected chi connectivity index (χ1v) is 7.23. The number of carbonyl (C=O) groups excluding carboxylic acids is 1. The van der Waals surface area contributed by atoms with E-state index in [1.54, 1.807) is 12.4 Å². The molecule has 0 spiro atoms. The molecule has 5 nitrogen and oxygen atoms in total. The molecule has 1 aromatic heterocycles. The molecule has 5 heteroatoms. The molecule has 1 atom stereocenters. The molecule has 1 aromatic rings. The maximum absolute atomic E-state index is 12.4. The molecule has 0 saturated carbocycles. The average Bonchev–Trinajstić information content (AvgIpc) is 2.47. The van der Waals surface area contributed by atoms with Crippen LogP contribution in [0.25, 0.3) is 0 Å². The fourth-order valence-electron chi connectivity index (χ4n) is 2.50. The van der Waals surface area contributed by atoms with Crippen LogP contribution in [0.4, 0.5) is 0 Å². The summed E-state index contributed by atoms with van der Waals surface area (Å²) in [7, 11) is 0. The maximum atomic E-state index is 12.4. The van der Waals surface area contributed by atoms with Crippen LogP contribution in [0.1, 0.15) is 22.8 Å². The third-order valence-corrected chi connectivity index (χ3v) is 3.75. The highest BCUT2D eigenvalue weighted by molar-refractivity contribution is 5.94. The highest BCUT2D eigenvalue weighted by Gasteiger charge is 2.22. The van der Waals surface area contributed by atoms with E-state index in [0.29, 0.717) is 18.0 Å². The van der Waals surface area contributed by atoms with Crippen LogP contribution < -0.4 is 5.73 Å². The Morgan fingerprint density at radius 3 is 2.65 bits per heavy atom. The Hall–Kier alpha value is -1.46. The topological polar surface area (TPSA) is 62.5 Å². The van der Waals surface area contributed by atoms with Crippen molar-refractivity contribution >= 4 is 5.91 Å². The van der Waals surface area contributed by atoms with Crippen molar-refractivity contribution < 1.29 is 4.79 Å². The van der Waals surface area contributed by atoms with Crippen LogP contribution in [0.15, 0.2) is 18.5 Å². The minimum atomic E-state index is 0.0905. The van der Waals surface area contributed by atoms with Gasteiger partial charge in [0.25, 0.3) is 5.91 Å². The van der Waals surface area contributed by atoms with E-state index in [-0.39, 0.29) is 5.91 Å². The molecular weight excluding hydrogens is 252 g/mol. The van der Waals surface area contributed by atoms with Gasteiger partial charge in [-0.1, -0.05) is 6.92 Å². The fourth-order valence-corrected chi connectivity index (χ4v) is 2.50. The SMILES string of the molecule is Cc1cncc(C(=O)N2CCN(CC(C)CN)CC2)c1. The molecule has 1 aliphatic heterocycles. The Labute approximate surface area is 120 Å². The lowest BCUT2D eigenvalue weighted by Gasteiger charge is -2.35. The average molecular weight is 276 g/mol. The second-order valence-corrected chi connectivity index (χ2v) is 5.68. The predicted octanol–water partition coefficient (Wildman–Crippen LogP) is 0.743. The van der Waals surface area contributed by atoms with E-state index in [9.17, 15) is 4.79 Å². The lowest BCUT2D eigenvalue weighted by atomic mass is 10.1. The maximum Gasteiger partial charge on any atom is 0.255 e. The summed E-state index contributed by atoms with van der Waals surface area (Å²) in [4.78, 5) is 20.8. The van der Waals surface area contributed by atoms with Crippen LogP contribution in [-0.4, -0.2) is 60.0 Å². The zero-order chi connectivity index (χ0) is 14.5. The number of rotatable bonds is 4. The molecule has 1 amide bonds. The zero-order valence-corrected chi connectivity index (χ0v) is 12.4. The Bertz CT molecular complexity index is 455. The van der Waals surface area contributed by atoms with Gasteiger partial charge in [0.1, 0.15) is 0 Å². The minimum absolute atomic E-state index is 0.0905. The van der Waals surface area contributed by atoms with Crippen molar-refractivity contribution in [3.05, 3.63) is 29.6 Å². The van der Waals surface area contributed by atoms with Crippen molar-refractivity contribution in [2.45, 2.75) is 13.8 Å². The first-order chi connectivity index (χ1) is 9.60. The van der Waals surface area contributed by atoms with E-state index in [1.165, 1.54) is 0 Å². The summed E-state index contributed by atoms with van der Waals surface area (Å²) < 4.78 is 0. The molecule has 1 unspecified atom stereocenters. The number of nitrogens with zero attached hydrogens (tertiary/aromatic N) is 3. The Balaban J connectivity index is 1.89. The van der Waals surface area contributed by atoms with Crippen LogP contribution in [0.3, 0.4) is 0 Å². The number of amides is 1. The van der Waals surface area contributed by atoms with Gasteiger partial charge < -0.3 is 10.6 Å². The van der Waals surface area contributed by atoms with Crippen LogP contribution in [0.5, 0.6) is 0 Å². The molecule has 1 fully saturated rings. The molecule has 2 N–H and O–H groups in total. The minimum Gasteiger partial charge on any atom is -0.336 e. The van der Waals surface area contributed by atoms with Crippen molar-refractivity contribution in [3.63, 3.8) is 0 Å². The van der Waals surface area contributed by atoms with Gasteiger partial charge in [-0.25, -0.2) is 0 Å². The third-order valence-electron chi connectivity index (χ3n) is 3.75. The van der Waals surface area contributed by atoms with Crippen molar-refractivity contribution in [2.24, 2.45) is 11.7 Å². The summed E-state index contributed by atoms with van der Waals surface area (Å²) in [6, 6.07) is 1.90. The van der Waals surface area contributed by atoms with E-state index >= 15 is 0 Å². The monoisotopic (exact) mass is 276 g/mol. The molecule has 110 valence electrons. The number of aryl methyl sites for hydroxylation is 1. The Morgan fingerprint density at radius 1 is 1.35 bits per heavy atom. The van der Waals surface area contributed by atoms with Crippen LogP contribution >= 0.6 is 0 Å². The number of pyridine rings is 1. The van der Waals surface area contributed by atoms with Gasteiger partial charge in [0.2, 0.25) is 0 Å². The summed E-state index contributed by atoms with van der Waals surface area (Å²) in [5, 5.41) is 0. The second-order valence-electron chi connectivity index (χ2n) is 5.68. The molecule has 20 heavy (non-hydrogen) atoms. The van der Waals surface area contributed by atoms with E-state index in [2.05, 4.69) is 16.8 Å².